The van der Waals surface area contributed by atoms with Crippen LogP contribution in [0.4, 0.5) is 0 Å². The lowest BCUT2D eigenvalue weighted by molar-refractivity contribution is 0.772. The summed E-state index contributed by atoms with van der Waals surface area (Å²) in [5, 5.41) is 8.59. The summed E-state index contributed by atoms with van der Waals surface area (Å²) < 4.78 is 2.13. The number of hydrogen-bond donors (Lipinski definition) is 0. The molecule has 1 heterocycles. The molecule has 0 aliphatic carbocycles. The molecule has 0 unspecified atom stereocenters. The minimum Gasteiger partial charge on any atom is -0.309 e. The number of allylic oxidation sites excluding steroid dienone is 1. The lowest BCUT2D eigenvalue weighted by Gasteiger charge is -2.02. The molecule has 0 spiro atoms. The molecule has 0 aliphatic rings. The van der Waals surface area contributed by atoms with Crippen molar-refractivity contribution >= 4 is 15.9 Å². The van der Waals surface area contributed by atoms with Crippen molar-refractivity contribution < 1.29 is 0 Å². The Morgan fingerprint density at radius 1 is 1.69 bits per heavy atom. The maximum atomic E-state index is 11.2. The van der Waals surface area contributed by atoms with Gasteiger partial charge in [-0.3, -0.25) is 4.79 Å². The van der Waals surface area contributed by atoms with Gasteiger partial charge < -0.3 is 4.57 Å². The second-order valence-electron chi connectivity index (χ2n) is 2.51. The zero-order valence-corrected chi connectivity index (χ0v) is 8.41. The molecule has 0 saturated heterocycles. The fraction of sp³-hybridized carbons (Fsp3) is 0.111. The van der Waals surface area contributed by atoms with Crippen LogP contribution in [0.2, 0.25) is 0 Å². The minimum atomic E-state index is -0.139. The Morgan fingerprint density at radius 2 is 2.38 bits per heavy atom. The van der Waals surface area contributed by atoms with E-state index >= 15 is 0 Å². The molecule has 0 aliphatic heterocycles. The molecule has 13 heavy (non-hydrogen) atoms. The summed E-state index contributed by atoms with van der Waals surface area (Å²) >= 11 is 3.15. The topological polar surface area (TPSA) is 45.8 Å². The highest BCUT2D eigenvalue weighted by Crippen LogP contribution is 2.03. The van der Waals surface area contributed by atoms with E-state index in [0.29, 0.717) is 16.6 Å². The summed E-state index contributed by atoms with van der Waals surface area (Å²) in [4.78, 5) is 11.2. The smallest absolute Gasteiger partial charge is 0.250 e. The molecule has 0 bridgehead atoms. The van der Waals surface area contributed by atoms with Crippen molar-refractivity contribution in [1.82, 2.24) is 4.57 Å². The van der Waals surface area contributed by atoms with Crippen LogP contribution in [-0.2, 0) is 6.54 Å². The van der Waals surface area contributed by atoms with E-state index in [-0.39, 0.29) is 5.56 Å². The Morgan fingerprint density at radius 3 is 2.92 bits per heavy atom. The van der Waals surface area contributed by atoms with Crippen LogP contribution >= 0.6 is 15.9 Å². The first-order valence-electron chi connectivity index (χ1n) is 3.57. The molecule has 0 fully saturated rings. The summed E-state index contributed by atoms with van der Waals surface area (Å²) in [5.74, 6) is 0. The highest BCUT2D eigenvalue weighted by molar-refractivity contribution is 9.11. The SMILES string of the molecule is C=C(Br)Cn1cc(C#N)ccc1=O. The Kier molecular flexibility index (Phi) is 3.04. The quantitative estimate of drug-likeness (QED) is 0.787. The second-order valence-corrected chi connectivity index (χ2v) is 3.63. The van der Waals surface area contributed by atoms with E-state index in [2.05, 4.69) is 22.5 Å². The summed E-state index contributed by atoms with van der Waals surface area (Å²) in [5.41, 5.74) is 0.327. The molecule has 0 N–H and O–H groups in total. The fourth-order valence-electron chi connectivity index (χ4n) is 0.906. The van der Waals surface area contributed by atoms with Crippen molar-refractivity contribution in [3.63, 3.8) is 0 Å². The van der Waals surface area contributed by atoms with Crippen molar-refractivity contribution in [3.8, 4) is 6.07 Å². The number of rotatable bonds is 2. The third kappa shape index (κ3) is 2.56. The second kappa shape index (κ2) is 4.06. The van der Waals surface area contributed by atoms with E-state index < -0.39 is 0 Å². The lowest BCUT2D eigenvalue weighted by Crippen LogP contribution is -2.18. The van der Waals surface area contributed by atoms with Gasteiger partial charge >= 0.3 is 0 Å². The minimum absolute atomic E-state index is 0.139. The van der Waals surface area contributed by atoms with Crippen molar-refractivity contribution in [2.75, 3.05) is 0 Å². The first kappa shape index (κ1) is 9.75. The van der Waals surface area contributed by atoms with E-state index in [4.69, 9.17) is 5.26 Å². The first-order valence-corrected chi connectivity index (χ1v) is 4.36. The third-order valence-corrected chi connectivity index (χ3v) is 1.71. The van der Waals surface area contributed by atoms with Crippen LogP contribution in [0.15, 0.2) is 34.2 Å². The third-order valence-electron chi connectivity index (χ3n) is 1.45. The summed E-state index contributed by atoms with van der Waals surface area (Å²) in [6.45, 7) is 4.00. The molecule has 0 atom stereocenters. The molecule has 0 saturated carbocycles. The Bertz CT molecular complexity index is 428. The van der Waals surface area contributed by atoms with Gasteiger partial charge in [0.15, 0.2) is 0 Å². The average molecular weight is 239 g/mol. The molecule has 1 aromatic heterocycles. The summed E-state index contributed by atoms with van der Waals surface area (Å²) in [7, 11) is 0. The van der Waals surface area contributed by atoms with Crippen LogP contribution in [0.25, 0.3) is 0 Å². The van der Waals surface area contributed by atoms with Crippen LogP contribution in [0.1, 0.15) is 5.56 Å². The van der Waals surface area contributed by atoms with Gasteiger partial charge in [0.2, 0.25) is 0 Å². The maximum absolute atomic E-state index is 11.2. The van der Waals surface area contributed by atoms with Gasteiger partial charge in [0, 0.05) is 16.7 Å². The van der Waals surface area contributed by atoms with Crippen LogP contribution in [-0.4, -0.2) is 4.57 Å². The zero-order valence-electron chi connectivity index (χ0n) is 6.83. The van der Waals surface area contributed by atoms with Gasteiger partial charge in [-0.1, -0.05) is 22.5 Å². The predicted octanol–water partition coefficient (Wildman–Crippen LogP) is 1.63. The highest BCUT2D eigenvalue weighted by Gasteiger charge is 1.97. The molecule has 1 aromatic rings. The van der Waals surface area contributed by atoms with Gasteiger partial charge in [0.25, 0.3) is 5.56 Å². The van der Waals surface area contributed by atoms with Gasteiger partial charge in [0.05, 0.1) is 12.1 Å². The summed E-state index contributed by atoms with van der Waals surface area (Å²) in [6, 6.07) is 4.83. The van der Waals surface area contributed by atoms with Crippen LogP contribution in [0, 0.1) is 11.3 Å². The van der Waals surface area contributed by atoms with E-state index in [1.165, 1.54) is 22.9 Å². The predicted molar refractivity (Wildman–Crippen MR) is 53.5 cm³/mol. The first-order chi connectivity index (χ1) is 6.13. The van der Waals surface area contributed by atoms with Crippen molar-refractivity contribution in [2.45, 2.75) is 6.54 Å². The van der Waals surface area contributed by atoms with Gasteiger partial charge in [-0.2, -0.15) is 5.26 Å². The standard InChI is InChI=1S/C9H7BrN2O/c1-7(10)5-12-6-8(4-11)2-3-9(12)13/h2-3,6H,1,5H2. The molecule has 0 amide bonds. The van der Waals surface area contributed by atoms with Crippen molar-refractivity contribution in [3.05, 3.63) is 45.3 Å². The van der Waals surface area contributed by atoms with Gasteiger partial charge in [-0.25, -0.2) is 0 Å². The Labute approximate surface area is 84.1 Å². The van der Waals surface area contributed by atoms with Crippen molar-refractivity contribution in [1.29, 1.82) is 5.26 Å². The van der Waals surface area contributed by atoms with Gasteiger partial charge in [0.1, 0.15) is 6.07 Å². The van der Waals surface area contributed by atoms with Gasteiger partial charge in [-0.05, 0) is 6.07 Å². The fourth-order valence-corrected chi connectivity index (χ4v) is 1.18. The normalized spacial score (nSPS) is 9.23. The van der Waals surface area contributed by atoms with E-state index in [9.17, 15) is 4.79 Å². The molecular formula is C9H7BrN2O. The monoisotopic (exact) mass is 238 g/mol. The average Bonchev–Trinajstić information content (AvgIpc) is 2.08. The van der Waals surface area contributed by atoms with Gasteiger partial charge in [-0.15, -0.1) is 0 Å². The Hall–Kier alpha value is -1.34. The van der Waals surface area contributed by atoms with E-state index in [1.807, 2.05) is 6.07 Å². The molecule has 0 aromatic carbocycles. The number of nitrogens with zero attached hydrogens (tertiary/aromatic N) is 2. The van der Waals surface area contributed by atoms with Crippen LogP contribution < -0.4 is 5.56 Å². The van der Waals surface area contributed by atoms with Crippen LogP contribution in [0.5, 0.6) is 0 Å². The Balaban J connectivity index is 3.13. The largest absolute Gasteiger partial charge is 0.309 e. The number of halogens is 1. The van der Waals surface area contributed by atoms with E-state index in [1.54, 1.807) is 0 Å². The molecular weight excluding hydrogens is 232 g/mol. The maximum Gasteiger partial charge on any atom is 0.250 e. The molecule has 4 heteroatoms. The highest BCUT2D eigenvalue weighted by atomic mass is 79.9. The lowest BCUT2D eigenvalue weighted by atomic mass is 10.3. The van der Waals surface area contributed by atoms with Crippen molar-refractivity contribution in [2.24, 2.45) is 0 Å². The zero-order chi connectivity index (χ0) is 9.84. The number of pyridine rings is 1. The number of nitriles is 1. The molecule has 3 nitrogen and oxygen atoms in total. The molecule has 1 rings (SSSR count). The summed E-state index contributed by atoms with van der Waals surface area (Å²) in [6.07, 6.45) is 1.51. The van der Waals surface area contributed by atoms with Crippen LogP contribution in [0.3, 0.4) is 0 Å². The molecule has 66 valence electrons. The molecule has 0 radical (unpaired) electrons. The van der Waals surface area contributed by atoms with E-state index in [0.717, 1.165) is 0 Å². The number of aromatic nitrogens is 1. The number of hydrogen-bond acceptors (Lipinski definition) is 2.